The number of Topliss-reactive ketones (excluding diaryl/α,β-unsaturated/α-hetero) is 1. The summed E-state index contributed by atoms with van der Waals surface area (Å²) in [6.07, 6.45) is 4.30. The second kappa shape index (κ2) is 5.96. The van der Waals surface area contributed by atoms with Crippen LogP contribution in [-0.2, 0) is 0 Å². The standard InChI is InChI=1S/C17H21NOS/c1-17(2,3)10-4-7-14(19)12-8-9-15(20)16-13(12)6-5-11-18-16/h5-6,8-9,11,20H,4,7,10H2,1-3H3. The number of ketones is 1. The van der Waals surface area contributed by atoms with E-state index in [2.05, 4.69) is 38.4 Å². The Kier molecular flexibility index (Phi) is 4.48. The van der Waals surface area contributed by atoms with Gasteiger partial charge in [-0.15, -0.1) is 12.6 Å². The fraction of sp³-hybridized carbons (Fsp3) is 0.412. The molecule has 20 heavy (non-hydrogen) atoms. The first-order chi connectivity index (χ1) is 9.38. The van der Waals surface area contributed by atoms with Crippen molar-refractivity contribution in [3.63, 3.8) is 0 Å². The lowest BCUT2D eigenvalue weighted by Gasteiger charge is -2.17. The molecule has 106 valence electrons. The molecule has 1 aromatic heterocycles. The van der Waals surface area contributed by atoms with Crippen LogP contribution < -0.4 is 0 Å². The Morgan fingerprint density at radius 2 is 2.00 bits per heavy atom. The van der Waals surface area contributed by atoms with Crippen LogP contribution in [0.2, 0.25) is 0 Å². The van der Waals surface area contributed by atoms with E-state index < -0.39 is 0 Å². The minimum absolute atomic E-state index is 0.195. The van der Waals surface area contributed by atoms with E-state index >= 15 is 0 Å². The third-order valence-corrected chi connectivity index (χ3v) is 3.74. The van der Waals surface area contributed by atoms with Crippen molar-refractivity contribution in [2.75, 3.05) is 0 Å². The number of rotatable bonds is 4. The highest BCUT2D eigenvalue weighted by atomic mass is 32.1. The van der Waals surface area contributed by atoms with Crippen molar-refractivity contribution in [3.8, 4) is 0 Å². The smallest absolute Gasteiger partial charge is 0.163 e. The molecule has 3 heteroatoms. The summed E-state index contributed by atoms with van der Waals surface area (Å²) in [7, 11) is 0. The number of thiol groups is 1. The highest BCUT2D eigenvalue weighted by Crippen LogP contribution is 2.26. The summed E-state index contributed by atoms with van der Waals surface area (Å²) < 4.78 is 0. The first-order valence-corrected chi connectivity index (χ1v) is 7.43. The highest BCUT2D eigenvalue weighted by Gasteiger charge is 2.14. The first-order valence-electron chi connectivity index (χ1n) is 6.98. The number of pyridine rings is 1. The second-order valence-electron chi connectivity index (χ2n) is 6.37. The normalized spacial score (nSPS) is 11.8. The lowest BCUT2D eigenvalue weighted by molar-refractivity contribution is 0.0977. The molecule has 0 spiro atoms. The fourth-order valence-electron chi connectivity index (χ4n) is 2.31. The van der Waals surface area contributed by atoms with Crippen LogP contribution in [0.25, 0.3) is 10.9 Å². The molecule has 0 aliphatic rings. The molecule has 2 rings (SSSR count). The number of benzene rings is 1. The average molecular weight is 287 g/mol. The molecule has 0 N–H and O–H groups in total. The Labute approximate surface area is 126 Å². The van der Waals surface area contributed by atoms with Crippen molar-refractivity contribution in [3.05, 3.63) is 36.0 Å². The number of aromatic nitrogens is 1. The van der Waals surface area contributed by atoms with Gasteiger partial charge in [0.1, 0.15) is 0 Å². The minimum atomic E-state index is 0.195. The highest BCUT2D eigenvalue weighted by molar-refractivity contribution is 7.80. The van der Waals surface area contributed by atoms with Gasteiger partial charge in [-0.3, -0.25) is 9.78 Å². The van der Waals surface area contributed by atoms with Crippen LogP contribution in [0.4, 0.5) is 0 Å². The minimum Gasteiger partial charge on any atom is -0.294 e. The third-order valence-electron chi connectivity index (χ3n) is 3.38. The summed E-state index contributed by atoms with van der Waals surface area (Å²) in [6, 6.07) is 7.53. The predicted octanol–water partition coefficient (Wildman–Crippen LogP) is 4.92. The number of fused-ring (bicyclic) bond motifs is 1. The van der Waals surface area contributed by atoms with E-state index in [1.54, 1.807) is 6.20 Å². The van der Waals surface area contributed by atoms with Gasteiger partial charge in [0.2, 0.25) is 0 Å². The number of hydrogen-bond acceptors (Lipinski definition) is 3. The van der Waals surface area contributed by atoms with E-state index in [0.717, 1.165) is 34.2 Å². The van der Waals surface area contributed by atoms with Gasteiger partial charge in [0.15, 0.2) is 5.78 Å². The quantitative estimate of drug-likeness (QED) is 0.639. The van der Waals surface area contributed by atoms with Gasteiger partial charge in [0.25, 0.3) is 0 Å². The predicted molar refractivity (Wildman–Crippen MR) is 86.6 cm³/mol. The average Bonchev–Trinajstić information content (AvgIpc) is 2.38. The van der Waals surface area contributed by atoms with Gasteiger partial charge in [-0.25, -0.2) is 0 Å². The summed E-state index contributed by atoms with van der Waals surface area (Å²) in [4.78, 5) is 17.5. The number of hydrogen-bond donors (Lipinski definition) is 1. The molecular weight excluding hydrogens is 266 g/mol. The van der Waals surface area contributed by atoms with Gasteiger partial charge in [-0.2, -0.15) is 0 Å². The molecule has 0 saturated heterocycles. The lowest BCUT2D eigenvalue weighted by Crippen LogP contribution is -2.07. The maximum absolute atomic E-state index is 12.4. The van der Waals surface area contributed by atoms with Crippen molar-refractivity contribution in [2.24, 2.45) is 5.41 Å². The molecule has 0 atom stereocenters. The molecule has 0 unspecified atom stereocenters. The molecular formula is C17H21NOS. The van der Waals surface area contributed by atoms with Crippen LogP contribution >= 0.6 is 12.6 Å². The zero-order chi connectivity index (χ0) is 14.8. The fourth-order valence-corrected chi connectivity index (χ4v) is 2.57. The van der Waals surface area contributed by atoms with Gasteiger partial charge in [0.05, 0.1) is 5.52 Å². The molecule has 0 amide bonds. The van der Waals surface area contributed by atoms with Gasteiger partial charge in [-0.1, -0.05) is 26.8 Å². The van der Waals surface area contributed by atoms with Crippen LogP contribution in [0.15, 0.2) is 35.4 Å². The molecule has 2 nitrogen and oxygen atoms in total. The zero-order valence-electron chi connectivity index (χ0n) is 12.3. The monoisotopic (exact) mass is 287 g/mol. The Hall–Kier alpha value is -1.35. The molecule has 0 saturated carbocycles. The topological polar surface area (TPSA) is 30.0 Å². The van der Waals surface area contributed by atoms with E-state index in [4.69, 9.17) is 0 Å². The summed E-state index contributed by atoms with van der Waals surface area (Å²) in [5.74, 6) is 0.195. The van der Waals surface area contributed by atoms with E-state index in [-0.39, 0.29) is 11.2 Å². The summed E-state index contributed by atoms with van der Waals surface area (Å²) >= 11 is 4.40. The Balaban J connectivity index is 2.21. The van der Waals surface area contributed by atoms with E-state index in [1.165, 1.54) is 0 Å². The molecule has 2 aromatic rings. The van der Waals surface area contributed by atoms with Crippen molar-refractivity contribution in [2.45, 2.75) is 44.9 Å². The van der Waals surface area contributed by atoms with Crippen LogP contribution in [-0.4, -0.2) is 10.8 Å². The Morgan fingerprint density at radius 1 is 1.25 bits per heavy atom. The molecule has 0 radical (unpaired) electrons. The second-order valence-corrected chi connectivity index (χ2v) is 6.85. The van der Waals surface area contributed by atoms with Gasteiger partial charge < -0.3 is 0 Å². The van der Waals surface area contributed by atoms with Crippen molar-refractivity contribution < 1.29 is 4.79 Å². The molecule has 0 aliphatic heterocycles. The summed E-state index contributed by atoms with van der Waals surface area (Å²) in [5, 5.41) is 0.903. The molecule has 0 fully saturated rings. The number of carbonyl (C=O) groups is 1. The van der Waals surface area contributed by atoms with Gasteiger partial charge in [-0.05, 0) is 36.5 Å². The largest absolute Gasteiger partial charge is 0.294 e. The Bertz CT molecular complexity index is 628. The summed E-state index contributed by atoms with van der Waals surface area (Å²) in [5.41, 5.74) is 1.84. The van der Waals surface area contributed by atoms with Crippen molar-refractivity contribution >= 4 is 29.3 Å². The molecule has 0 aliphatic carbocycles. The zero-order valence-corrected chi connectivity index (χ0v) is 13.2. The van der Waals surface area contributed by atoms with E-state index in [9.17, 15) is 4.79 Å². The van der Waals surface area contributed by atoms with Crippen LogP contribution in [0.1, 0.15) is 50.4 Å². The van der Waals surface area contributed by atoms with Crippen molar-refractivity contribution in [1.29, 1.82) is 0 Å². The Morgan fingerprint density at radius 3 is 2.70 bits per heavy atom. The van der Waals surface area contributed by atoms with Crippen LogP contribution in [0.3, 0.4) is 0 Å². The van der Waals surface area contributed by atoms with Crippen LogP contribution in [0.5, 0.6) is 0 Å². The lowest BCUT2D eigenvalue weighted by atomic mass is 9.88. The van der Waals surface area contributed by atoms with Gasteiger partial charge >= 0.3 is 0 Å². The number of nitrogens with zero attached hydrogens (tertiary/aromatic N) is 1. The third kappa shape index (κ3) is 3.60. The van der Waals surface area contributed by atoms with Gasteiger partial charge in [0, 0.05) is 28.5 Å². The van der Waals surface area contributed by atoms with E-state index in [1.807, 2.05) is 24.3 Å². The van der Waals surface area contributed by atoms with E-state index in [0.29, 0.717) is 6.42 Å². The van der Waals surface area contributed by atoms with Crippen molar-refractivity contribution in [1.82, 2.24) is 4.98 Å². The van der Waals surface area contributed by atoms with Crippen LogP contribution in [0, 0.1) is 5.41 Å². The molecule has 1 heterocycles. The molecule has 0 bridgehead atoms. The maximum Gasteiger partial charge on any atom is 0.163 e. The first kappa shape index (κ1) is 15.0. The number of carbonyl (C=O) groups excluding carboxylic acids is 1. The molecule has 1 aromatic carbocycles. The SMILES string of the molecule is CC(C)(C)CCCC(=O)c1ccc(S)c2ncccc12. The summed E-state index contributed by atoms with van der Waals surface area (Å²) in [6.45, 7) is 6.60. The maximum atomic E-state index is 12.4.